The van der Waals surface area contributed by atoms with Gasteiger partial charge in [0.25, 0.3) is 5.91 Å². The van der Waals surface area contributed by atoms with Crippen LogP contribution in [0, 0.1) is 11.7 Å². The van der Waals surface area contributed by atoms with Crippen molar-refractivity contribution in [3.63, 3.8) is 0 Å². The average Bonchev–Trinajstić information content (AvgIpc) is 3.28. The Morgan fingerprint density at radius 2 is 1.82 bits per heavy atom. The lowest BCUT2D eigenvalue weighted by Crippen LogP contribution is -2.22. The van der Waals surface area contributed by atoms with Crippen molar-refractivity contribution in [1.82, 2.24) is 4.57 Å². The molecule has 1 aliphatic heterocycles. The van der Waals surface area contributed by atoms with Gasteiger partial charge in [0.05, 0.1) is 11.3 Å². The van der Waals surface area contributed by atoms with E-state index in [1.807, 2.05) is 42.5 Å². The summed E-state index contributed by atoms with van der Waals surface area (Å²) < 4.78 is 21.9. The molecule has 0 radical (unpaired) electrons. The molecule has 6 heteroatoms. The van der Waals surface area contributed by atoms with Crippen LogP contribution in [0.3, 0.4) is 0 Å². The first-order chi connectivity index (χ1) is 19.3. The van der Waals surface area contributed by atoms with Crippen LogP contribution in [0.15, 0.2) is 85.0 Å². The maximum Gasteiger partial charge on any atom is 0.330 e. The summed E-state index contributed by atoms with van der Waals surface area (Å²) in [5, 5.41) is 3.12. The summed E-state index contributed by atoms with van der Waals surface area (Å²) in [5.74, 6) is -0.630. The van der Waals surface area contributed by atoms with E-state index in [-0.39, 0.29) is 35.6 Å². The van der Waals surface area contributed by atoms with Gasteiger partial charge in [-0.05, 0) is 65.8 Å². The summed E-state index contributed by atoms with van der Waals surface area (Å²) >= 11 is 0. The Kier molecular flexibility index (Phi) is 8.15. The number of hydrogen-bond donors (Lipinski definition) is 1. The number of esters is 1. The quantitative estimate of drug-likeness (QED) is 0.297. The van der Waals surface area contributed by atoms with Crippen LogP contribution >= 0.6 is 0 Å². The first-order valence-electron chi connectivity index (χ1n) is 14.0. The first-order valence-corrected chi connectivity index (χ1v) is 14.0. The molecule has 2 atom stereocenters. The van der Waals surface area contributed by atoms with Crippen LogP contribution in [-0.4, -0.2) is 22.5 Å². The SMILES string of the molecule is CC1CC=CC=C1c1c(C(=O)Nc2ccccc2)c(C(C)C)n(CC[C@@H]2CC=CC(=O)O2)c1-c1ccc(F)cc1. The van der Waals surface area contributed by atoms with Gasteiger partial charge < -0.3 is 14.6 Å². The molecular formula is C34H35FN2O3. The van der Waals surface area contributed by atoms with Gasteiger partial charge >= 0.3 is 5.97 Å². The number of rotatable bonds is 8. The number of amides is 1. The van der Waals surface area contributed by atoms with Crippen LogP contribution in [0.5, 0.6) is 0 Å². The van der Waals surface area contributed by atoms with E-state index in [1.54, 1.807) is 12.1 Å². The third-order valence-corrected chi connectivity index (χ3v) is 7.56. The standard InChI is InChI=1S/C34H35FN2O3/c1-22(2)32-31(34(39)36-26-11-5-4-6-12-26)30(28-14-8-7-10-23(28)3)33(24-16-18-25(35)19-17-24)37(32)21-20-27-13-9-15-29(38)40-27/h4-9,11-12,14-19,22-23,27H,10,13,20-21H2,1-3H3,(H,36,39)/t23?,27-/m0/s1. The Labute approximate surface area is 235 Å². The number of nitrogens with one attached hydrogen (secondary N) is 1. The zero-order chi connectivity index (χ0) is 28.2. The number of hydrogen-bond acceptors (Lipinski definition) is 3. The molecule has 2 aliphatic rings. The fourth-order valence-corrected chi connectivity index (χ4v) is 5.70. The Balaban J connectivity index is 1.73. The number of nitrogens with zero attached hydrogens (tertiary/aromatic N) is 1. The normalized spacial score (nSPS) is 18.5. The van der Waals surface area contributed by atoms with Crippen molar-refractivity contribution in [1.29, 1.82) is 0 Å². The topological polar surface area (TPSA) is 60.3 Å². The van der Waals surface area contributed by atoms with Crippen molar-refractivity contribution in [2.75, 3.05) is 5.32 Å². The lowest BCUT2D eigenvalue weighted by atomic mass is 9.84. The molecule has 0 saturated heterocycles. The molecule has 1 amide bonds. The fraction of sp³-hybridized carbons (Fsp3) is 0.294. The third-order valence-electron chi connectivity index (χ3n) is 7.56. The van der Waals surface area contributed by atoms with Crippen LogP contribution in [0.4, 0.5) is 10.1 Å². The zero-order valence-corrected chi connectivity index (χ0v) is 23.2. The van der Waals surface area contributed by atoms with Gasteiger partial charge in [-0.3, -0.25) is 4.79 Å². The molecule has 40 heavy (non-hydrogen) atoms. The third kappa shape index (κ3) is 5.71. The lowest BCUT2D eigenvalue weighted by molar-refractivity contribution is -0.144. The summed E-state index contributed by atoms with van der Waals surface area (Å²) in [6.45, 7) is 6.88. The first kappa shape index (κ1) is 27.4. The molecule has 0 saturated carbocycles. The van der Waals surface area contributed by atoms with E-state index >= 15 is 0 Å². The smallest absolute Gasteiger partial charge is 0.330 e. The van der Waals surface area contributed by atoms with E-state index < -0.39 is 0 Å². The van der Waals surface area contributed by atoms with Gasteiger partial charge in [0.15, 0.2) is 0 Å². The molecular weight excluding hydrogens is 503 g/mol. The maximum absolute atomic E-state index is 14.2. The van der Waals surface area contributed by atoms with E-state index in [1.165, 1.54) is 18.2 Å². The van der Waals surface area contributed by atoms with E-state index in [0.717, 1.165) is 40.2 Å². The van der Waals surface area contributed by atoms with Crippen molar-refractivity contribution in [2.24, 2.45) is 5.92 Å². The molecule has 1 unspecified atom stereocenters. The molecule has 1 aromatic heterocycles. The van der Waals surface area contributed by atoms with E-state index in [4.69, 9.17) is 4.74 Å². The van der Waals surface area contributed by atoms with Crippen LogP contribution in [0.1, 0.15) is 67.6 Å². The lowest BCUT2D eigenvalue weighted by Gasteiger charge is -2.22. The van der Waals surface area contributed by atoms with Crippen LogP contribution in [-0.2, 0) is 16.1 Å². The van der Waals surface area contributed by atoms with Gasteiger partial charge in [-0.2, -0.15) is 0 Å². The van der Waals surface area contributed by atoms with Crippen molar-refractivity contribution in [3.05, 3.63) is 108 Å². The van der Waals surface area contributed by atoms with Gasteiger partial charge in [-0.15, -0.1) is 0 Å². The molecule has 2 heterocycles. The van der Waals surface area contributed by atoms with Crippen molar-refractivity contribution >= 4 is 23.1 Å². The minimum Gasteiger partial charge on any atom is -0.459 e. The number of aromatic nitrogens is 1. The second-order valence-corrected chi connectivity index (χ2v) is 10.8. The van der Waals surface area contributed by atoms with Crippen LogP contribution in [0.25, 0.3) is 16.8 Å². The largest absolute Gasteiger partial charge is 0.459 e. The average molecular weight is 539 g/mol. The number of halogens is 1. The number of benzene rings is 2. The van der Waals surface area contributed by atoms with E-state index in [0.29, 0.717) is 24.9 Å². The second-order valence-electron chi connectivity index (χ2n) is 10.8. The summed E-state index contributed by atoms with van der Waals surface area (Å²) in [6, 6.07) is 15.9. The van der Waals surface area contributed by atoms with Crippen molar-refractivity contribution < 1.29 is 18.7 Å². The summed E-state index contributed by atoms with van der Waals surface area (Å²) in [6.07, 6.45) is 11.4. The second kappa shape index (κ2) is 11.9. The van der Waals surface area contributed by atoms with Crippen molar-refractivity contribution in [3.8, 4) is 11.3 Å². The maximum atomic E-state index is 14.2. The van der Waals surface area contributed by atoms with E-state index in [9.17, 15) is 14.0 Å². The number of cyclic esters (lactones) is 1. The number of carbonyl (C=O) groups is 2. The van der Waals surface area contributed by atoms with E-state index in [2.05, 4.69) is 42.8 Å². The predicted molar refractivity (Wildman–Crippen MR) is 157 cm³/mol. The minimum atomic E-state index is -0.330. The van der Waals surface area contributed by atoms with Crippen LogP contribution < -0.4 is 5.32 Å². The number of ether oxygens (including phenoxy) is 1. The summed E-state index contributed by atoms with van der Waals surface area (Å²) in [4.78, 5) is 26.1. The van der Waals surface area contributed by atoms with Gasteiger partial charge in [-0.25, -0.2) is 9.18 Å². The summed E-state index contributed by atoms with van der Waals surface area (Å²) in [5.41, 5.74) is 5.92. The molecule has 5 rings (SSSR count). The highest BCUT2D eigenvalue weighted by atomic mass is 19.1. The highest BCUT2D eigenvalue weighted by molar-refractivity contribution is 6.11. The molecule has 5 nitrogen and oxygen atoms in total. The van der Waals surface area contributed by atoms with Gasteiger partial charge in [0.1, 0.15) is 11.9 Å². The summed E-state index contributed by atoms with van der Waals surface area (Å²) in [7, 11) is 0. The molecule has 206 valence electrons. The molecule has 0 fully saturated rings. The van der Waals surface area contributed by atoms with Crippen molar-refractivity contribution in [2.45, 2.75) is 58.6 Å². The highest BCUT2D eigenvalue weighted by Crippen LogP contribution is 2.44. The Hall–Kier alpha value is -4.19. The molecule has 0 bridgehead atoms. The number of anilines is 1. The Bertz CT molecular complexity index is 1480. The fourth-order valence-electron chi connectivity index (χ4n) is 5.70. The molecule has 2 aromatic carbocycles. The molecule has 1 aliphatic carbocycles. The molecule has 3 aromatic rings. The Morgan fingerprint density at radius 1 is 1.07 bits per heavy atom. The zero-order valence-electron chi connectivity index (χ0n) is 23.2. The van der Waals surface area contributed by atoms with Gasteiger partial charge in [-0.1, -0.05) is 63.3 Å². The predicted octanol–water partition coefficient (Wildman–Crippen LogP) is 7.91. The number of allylic oxidation sites excluding steroid dienone is 4. The molecule has 1 N–H and O–H groups in total. The van der Waals surface area contributed by atoms with Gasteiger partial charge in [0, 0.05) is 42.4 Å². The van der Waals surface area contributed by atoms with Gasteiger partial charge in [0.2, 0.25) is 0 Å². The molecule has 0 spiro atoms. The minimum absolute atomic E-state index is 0.00770. The highest BCUT2D eigenvalue weighted by Gasteiger charge is 2.33. The monoisotopic (exact) mass is 538 g/mol. The Morgan fingerprint density at radius 3 is 2.50 bits per heavy atom. The number of para-hydroxylation sites is 1. The number of carbonyl (C=O) groups excluding carboxylic acids is 2. The van der Waals surface area contributed by atoms with Crippen LogP contribution in [0.2, 0.25) is 0 Å².